The molecule has 0 aliphatic rings. The molecule has 0 saturated carbocycles. The summed E-state index contributed by atoms with van der Waals surface area (Å²) in [6.45, 7) is 0. The Hall–Kier alpha value is -0.300. The van der Waals surface area contributed by atoms with Gasteiger partial charge in [-0.25, -0.2) is 0 Å². The second-order valence-electron chi connectivity index (χ2n) is 3.00. The molecule has 0 aliphatic heterocycles. The molecule has 6 heteroatoms. The van der Waals surface area contributed by atoms with Crippen molar-refractivity contribution in [2.75, 3.05) is 12.0 Å². The highest BCUT2D eigenvalue weighted by Gasteiger charge is 2.15. The number of rotatable bonds is 8. The van der Waals surface area contributed by atoms with Gasteiger partial charge in [0.25, 0.3) is 0 Å². The topological polar surface area (TPSA) is 83.8 Å². The van der Waals surface area contributed by atoms with Crippen LogP contribution in [-0.2, 0) is 4.79 Å². The largest absolute Gasteiger partial charge is 0.548 e. The van der Waals surface area contributed by atoms with E-state index < -0.39 is 12.0 Å². The van der Waals surface area contributed by atoms with E-state index in [-0.39, 0.29) is 11.6 Å². The molecule has 0 saturated heterocycles. The summed E-state index contributed by atoms with van der Waals surface area (Å²) in [5.74, 6) is -0.419. The fourth-order valence-corrected chi connectivity index (χ4v) is 1.58. The molecule has 84 valence electrons. The third kappa shape index (κ3) is 6.20. The zero-order valence-corrected chi connectivity index (χ0v) is 9.00. The number of carboxylic acid groups (broad SMARTS) is 1. The third-order valence-corrected chi connectivity index (χ3v) is 2.57. The SMILES string of the molecule is CSCCCCC[C@@H](C(=O)[O-])N(O)O. The van der Waals surface area contributed by atoms with E-state index in [1.165, 1.54) is 0 Å². The summed E-state index contributed by atoms with van der Waals surface area (Å²) in [4.78, 5) is 10.4. The van der Waals surface area contributed by atoms with Gasteiger partial charge in [0, 0.05) is 0 Å². The maximum atomic E-state index is 10.4. The molecule has 0 unspecified atom stereocenters. The molecule has 0 aromatic heterocycles. The minimum Gasteiger partial charge on any atom is -0.548 e. The van der Waals surface area contributed by atoms with Crippen molar-refractivity contribution in [2.24, 2.45) is 0 Å². The van der Waals surface area contributed by atoms with Crippen molar-refractivity contribution < 1.29 is 20.3 Å². The molecule has 0 heterocycles. The van der Waals surface area contributed by atoms with Gasteiger partial charge in [0.05, 0.1) is 5.97 Å². The van der Waals surface area contributed by atoms with Gasteiger partial charge in [-0.05, 0) is 24.9 Å². The number of hydrogen-bond donors (Lipinski definition) is 2. The highest BCUT2D eigenvalue weighted by atomic mass is 32.2. The van der Waals surface area contributed by atoms with E-state index in [4.69, 9.17) is 10.4 Å². The number of thioether (sulfide) groups is 1. The molecule has 0 bridgehead atoms. The van der Waals surface area contributed by atoms with Crippen LogP contribution in [0.3, 0.4) is 0 Å². The van der Waals surface area contributed by atoms with Crippen LogP contribution >= 0.6 is 11.8 Å². The smallest absolute Gasteiger partial charge is 0.102 e. The van der Waals surface area contributed by atoms with Gasteiger partial charge < -0.3 is 9.90 Å². The monoisotopic (exact) mass is 222 g/mol. The predicted octanol–water partition coefficient (Wildman–Crippen LogP) is 0.109. The summed E-state index contributed by atoms with van der Waals surface area (Å²) < 4.78 is 0. The van der Waals surface area contributed by atoms with E-state index in [0.717, 1.165) is 18.6 Å². The second kappa shape index (κ2) is 8.05. The van der Waals surface area contributed by atoms with Crippen LogP contribution in [0.15, 0.2) is 0 Å². The molecule has 0 fully saturated rings. The molecule has 0 aromatic rings. The summed E-state index contributed by atoms with van der Waals surface area (Å²) in [5, 5.41) is 27.2. The van der Waals surface area contributed by atoms with E-state index in [1.54, 1.807) is 11.8 Å². The Labute approximate surface area is 87.6 Å². The average Bonchev–Trinajstić information content (AvgIpc) is 2.09. The lowest BCUT2D eigenvalue weighted by atomic mass is 10.1. The lowest BCUT2D eigenvalue weighted by Gasteiger charge is -2.20. The Morgan fingerprint density at radius 3 is 2.50 bits per heavy atom. The molecule has 1 atom stereocenters. The number of carbonyl (C=O) groups is 1. The summed E-state index contributed by atoms with van der Waals surface area (Å²) in [6, 6.07) is -1.32. The average molecular weight is 222 g/mol. The minimum atomic E-state index is -1.46. The second-order valence-corrected chi connectivity index (χ2v) is 3.98. The lowest BCUT2D eigenvalue weighted by molar-refractivity contribution is -0.364. The number of nitrogens with zero attached hydrogens (tertiary/aromatic N) is 1. The van der Waals surface area contributed by atoms with Crippen molar-refractivity contribution in [1.29, 1.82) is 0 Å². The van der Waals surface area contributed by atoms with Crippen molar-refractivity contribution in [2.45, 2.75) is 31.7 Å². The quantitative estimate of drug-likeness (QED) is 0.448. The lowest BCUT2D eigenvalue weighted by Crippen LogP contribution is -2.45. The maximum Gasteiger partial charge on any atom is 0.102 e. The molecule has 0 aliphatic carbocycles. The molecule has 0 aromatic carbocycles. The van der Waals surface area contributed by atoms with Gasteiger partial charge in [0.1, 0.15) is 6.04 Å². The van der Waals surface area contributed by atoms with E-state index in [1.807, 2.05) is 6.26 Å². The molecular weight excluding hydrogens is 206 g/mol. The normalized spacial score (nSPS) is 13.1. The number of hydrogen-bond acceptors (Lipinski definition) is 6. The van der Waals surface area contributed by atoms with Gasteiger partial charge in [0.2, 0.25) is 0 Å². The predicted molar refractivity (Wildman–Crippen MR) is 51.1 cm³/mol. The third-order valence-electron chi connectivity index (χ3n) is 1.88. The fraction of sp³-hybridized carbons (Fsp3) is 0.875. The molecular formula is C8H16NO4S-. The van der Waals surface area contributed by atoms with E-state index >= 15 is 0 Å². The Balaban J connectivity index is 3.57. The molecule has 5 nitrogen and oxygen atoms in total. The van der Waals surface area contributed by atoms with Crippen LogP contribution in [0.25, 0.3) is 0 Å². The highest BCUT2D eigenvalue weighted by Crippen LogP contribution is 2.08. The Morgan fingerprint density at radius 2 is 2.07 bits per heavy atom. The number of hydroxylamine groups is 2. The molecule has 0 rings (SSSR count). The summed E-state index contributed by atoms with van der Waals surface area (Å²) >= 11 is 1.74. The number of aliphatic carboxylic acids is 1. The first kappa shape index (κ1) is 13.7. The highest BCUT2D eigenvalue weighted by molar-refractivity contribution is 7.98. The standard InChI is InChI=1S/C8H17NO4S/c1-14-6-4-2-3-5-7(8(10)11)9(12)13/h7,12-13H,2-6H2,1H3,(H,10,11)/p-1/t7-/m0/s1. The van der Waals surface area contributed by atoms with Crippen LogP contribution in [0.4, 0.5) is 0 Å². The van der Waals surface area contributed by atoms with Crippen LogP contribution in [0, 0.1) is 0 Å². The number of carboxylic acids is 1. The zero-order valence-electron chi connectivity index (χ0n) is 8.18. The van der Waals surface area contributed by atoms with Crippen LogP contribution < -0.4 is 5.11 Å². The van der Waals surface area contributed by atoms with Crippen molar-refractivity contribution in [3.63, 3.8) is 0 Å². The Morgan fingerprint density at radius 1 is 1.43 bits per heavy atom. The van der Waals surface area contributed by atoms with Crippen molar-refractivity contribution in [3.8, 4) is 0 Å². The summed E-state index contributed by atoms with van der Waals surface area (Å²) in [5.41, 5.74) is 0. The molecule has 2 N–H and O–H groups in total. The summed E-state index contributed by atoms with van der Waals surface area (Å²) in [6.07, 6.45) is 4.75. The number of carbonyl (C=O) groups excluding carboxylic acids is 1. The molecule has 0 amide bonds. The first-order valence-electron chi connectivity index (χ1n) is 4.46. The van der Waals surface area contributed by atoms with Crippen LogP contribution in [-0.4, -0.2) is 39.7 Å². The molecule has 0 radical (unpaired) electrons. The Bertz CT molecular complexity index is 165. The van der Waals surface area contributed by atoms with Gasteiger partial charge in [-0.1, -0.05) is 18.1 Å². The fourth-order valence-electron chi connectivity index (χ4n) is 1.09. The van der Waals surface area contributed by atoms with Gasteiger partial charge in [-0.3, -0.25) is 10.4 Å². The van der Waals surface area contributed by atoms with Gasteiger partial charge >= 0.3 is 0 Å². The van der Waals surface area contributed by atoms with Crippen LogP contribution in [0.5, 0.6) is 0 Å². The molecule has 14 heavy (non-hydrogen) atoms. The van der Waals surface area contributed by atoms with Gasteiger partial charge in [0.15, 0.2) is 0 Å². The summed E-state index contributed by atoms with van der Waals surface area (Å²) in [7, 11) is 0. The van der Waals surface area contributed by atoms with Crippen molar-refractivity contribution >= 4 is 17.7 Å². The maximum absolute atomic E-state index is 10.4. The van der Waals surface area contributed by atoms with Gasteiger partial charge in [-0.15, -0.1) is 0 Å². The van der Waals surface area contributed by atoms with Crippen LogP contribution in [0.2, 0.25) is 0 Å². The first-order valence-corrected chi connectivity index (χ1v) is 5.85. The van der Waals surface area contributed by atoms with E-state index in [2.05, 4.69) is 0 Å². The zero-order chi connectivity index (χ0) is 11.0. The van der Waals surface area contributed by atoms with Crippen molar-refractivity contribution in [3.05, 3.63) is 0 Å². The number of unbranched alkanes of at least 4 members (excludes halogenated alkanes) is 2. The first-order chi connectivity index (χ1) is 6.59. The van der Waals surface area contributed by atoms with Crippen LogP contribution in [0.1, 0.15) is 25.7 Å². The Kier molecular flexibility index (Phi) is 7.87. The molecule has 0 spiro atoms. The van der Waals surface area contributed by atoms with Gasteiger partial charge in [-0.2, -0.15) is 11.8 Å². The van der Waals surface area contributed by atoms with E-state index in [9.17, 15) is 9.90 Å². The minimum absolute atomic E-state index is 0.198. The van der Waals surface area contributed by atoms with E-state index in [0.29, 0.717) is 6.42 Å². The van der Waals surface area contributed by atoms with Crippen molar-refractivity contribution in [1.82, 2.24) is 5.23 Å².